The Morgan fingerprint density at radius 3 is 2.56 bits per heavy atom. The van der Waals surface area contributed by atoms with Gasteiger partial charge in [0.2, 0.25) is 0 Å². The van der Waals surface area contributed by atoms with Gasteiger partial charge in [0.1, 0.15) is 0 Å². The van der Waals surface area contributed by atoms with Crippen LogP contribution in [0.5, 0.6) is 6.08 Å². The van der Waals surface area contributed by atoms with E-state index in [1.165, 1.54) is 5.56 Å². The smallest absolute Gasteiger partial charge is 0.417 e. The van der Waals surface area contributed by atoms with Crippen molar-refractivity contribution in [1.82, 2.24) is 19.9 Å². The molecular weight excluding hydrogens is 322 g/mol. The molecule has 3 rings (SSSR count). The number of nitrogens with one attached hydrogen (secondary N) is 1. The van der Waals surface area contributed by atoms with Gasteiger partial charge in [0.15, 0.2) is 12.4 Å². The fourth-order valence-corrected chi connectivity index (χ4v) is 2.40. The summed E-state index contributed by atoms with van der Waals surface area (Å²) in [6.07, 6.45) is -0.0311. The van der Waals surface area contributed by atoms with Crippen LogP contribution in [0.1, 0.15) is 22.8 Å². The van der Waals surface area contributed by atoms with Gasteiger partial charge in [0.25, 0.3) is 5.91 Å². The van der Waals surface area contributed by atoms with Crippen molar-refractivity contribution in [2.75, 3.05) is 11.9 Å². The van der Waals surface area contributed by atoms with E-state index in [0.29, 0.717) is 11.5 Å². The van der Waals surface area contributed by atoms with Crippen LogP contribution in [0.15, 0.2) is 28.8 Å². The molecule has 3 aromatic rings. The predicted octanol–water partition coefficient (Wildman–Crippen LogP) is 2.51. The molecule has 130 valence electrons. The summed E-state index contributed by atoms with van der Waals surface area (Å²) in [5, 5.41) is 10.9. The van der Waals surface area contributed by atoms with Gasteiger partial charge >= 0.3 is 6.08 Å². The number of benzene rings is 1. The lowest BCUT2D eigenvalue weighted by molar-refractivity contribution is -0.118. The van der Waals surface area contributed by atoms with Crippen LogP contribution in [0.4, 0.5) is 5.69 Å². The van der Waals surface area contributed by atoms with Crippen molar-refractivity contribution in [3.63, 3.8) is 0 Å². The number of carbonyl (C=O) groups is 1. The van der Waals surface area contributed by atoms with Gasteiger partial charge in [-0.2, -0.15) is 10.1 Å². The molecule has 0 aliphatic carbocycles. The third-order valence-corrected chi connectivity index (χ3v) is 3.67. The second-order valence-electron chi connectivity index (χ2n) is 5.74. The maximum absolute atomic E-state index is 12.1. The van der Waals surface area contributed by atoms with E-state index in [2.05, 4.69) is 20.6 Å². The number of rotatable bonds is 5. The monoisotopic (exact) mass is 341 g/mol. The molecule has 0 unspecified atom stereocenters. The molecule has 0 aliphatic rings. The third kappa shape index (κ3) is 3.68. The molecule has 1 N–H and O–H groups in total. The molecule has 2 heterocycles. The van der Waals surface area contributed by atoms with E-state index in [9.17, 15) is 4.79 Å². The number of ether oxygens (including phenoxy) is 1. The second-order valence-corrected chi connectivity index (χ2v) is 5.74. The number of aromatic nitrogens is 4. The Morgan fingerprint density at radius 2 is 1.92 bits per heavy atom. The van der Waals surface area contributed by atoms with Crippen LogP contribution in [0.25, 0.3) is 5.69 Å². The predicted molar refractivity (Wildman–Crippen MR) is 90.9 cm³/mol. The van der Waals surface area contributed by atoms with Crippen LogP contribution in [-0.4, -0.2) is 32.4 Å². The molecular formula is C17H19N5O3. The summed E-state index contributed by atoms with van der Waals surface area (Å²) in [5.74, 6) is 0.118. The van der Waals surface area contributed by atoms with Gasteiger partial charge in [-0.05, 0) is 39.8 Å². The minimum Gasteiger partial charge on any atom is -0.439 e. The van der Waals surface area contributed by atoms with Crippen molar-refractivity contribution in [3.05, 3.63) is 47.0 Å². The summed E-state index contributed by atoms with van der Waals surface area (Å²) in [6, 6.07) is 8.01. The second kappa shape index (κ2) is 6.76. The number of anilines is 1. The molecule has 0 fully saturated rings. The molecule has 25 heavy (non-hydrogen) atoms. The molecule has 0 radical (unpaired) electrons. The van der Waals surface area contributed by atoms with Gasteiger partial charge in [0.05, 0.1) is 22.8 Å². The molecule has 1 amide bonds. The normalized spacial score (nSPS) is 10.7. The molecule has 0 atom stereocenters. The molecule has 8 nitrogen and oxygen atoms in total. The highest BCUT2D eigenvalue weighted by atomic mass is 16.6. The van der Waals surface area contributed by atoms with Crippen molar-refractivity contribution in [1.29, 1.82) is 0 Å². The Hall–Kier alpha value is -3.16. The average Bonchev–Trinajstić information content (AvgIpc) is 3.12. The summed E-state index contributed by atoms with van der Waals surface area (Å²) in [6.45, 7) is 7.22. The highest BCUT2D eigenvalue weighted by Crippen LogP contribution is 2.23. The summed E-state index contributed by atoms with van der Waals surface area (Å²) in [7, 11) is 0. The number of nitrogens with zero attached hydrogens (tertiary/aromatic N) is 4. The first kappa shape index (κ1) is 16.7. The first-order valence-corrected chi connectivity index (χ1v) is 7.80. The summed E-state index contributed by atoms with van der Waals surface area (Å²) in [4.78, 5) is 16.0. The molecule has 0 spiro atoms. The van der Waals surface area contributed by atoms with Crippen molar-refractivity contribution in [2.24, 2.45) is 0 Å². The summed E-state index contributed by atoms with van der Waals surface area (Å²) < 4.78 is 11.8. The number of carbonyl (C=O) groups excluding carboxylic acids is 1. The maximum atomic E-state index is 12.1. The van der Waals surface area contributed by atoms with Crippen molar-refractivity contribution < 1.29 is 14.1 Å². The van der Waals surface area contributed by atoms with Gasteiger partial charge < -0.3 is 10.1 Å². The van der Waals surface area contributed by atoms with Crippen LogP contribution >= 0.6 is 0 Å². The largest absolute Gasteiger partial charge is 0.439 e. The number of amides is 1. The van der Waals surface area contributed by atoms with E-state index in [4.69, 9.17) is 9.26 Å². The summed E-state index contributed by atoms with van der Waals surface area (Å²) in [5.41, 5.74) is 4.33. The van der Waals surface area contributed by atoms with Crippen LogP contribution in [-0.2, 0) is 4.79 Å². The number of aryl methyl sites for hydroxylation is 3. The molecule has 0 bridgehead atoms. The van der Waals surface area contributed by atoms with Gasteiger partial charge in [-0.15, -0.1) is 0 Å². The Morgan fingerprint density at radius 1 is 1.20 bits per heavy atom. The lowest BCUT2D eigenvalue weighted by Crippen LogP contribution is -2.21. The standard InChI is InChI=1S/C17H19N5O3/c1-10-5-7-14(8-6-10)22-12(3)16(11(2)20-22)19-15(23)9-24-17-18-13(4)21-25-17/h5-8H,9H2,1-4H3,(H,19,23). The van der Waals surface area contributed by atoms with Crippen LogP contribution in [0.2, 0.25) is 0 Å². The fraction of sp³-hybridized carbons (Fsp3) is 0.294. The quantitative estimate of drug-likeness (QED) is 0.766. The molecule has 1 aromatic carbocycles. The minimum absolute atomic E-state index is 0.0311. The zero-order chi connectivity index (χ0) is 18.0. The van der Waals surface area contributed by atoms with E-state index >= 15 is 0 Å². The van der Waals surface area contributed by atoms with Crippen LogP contribution in [0, 0.1) is 27.7 Å². The van der Waals surface area contributed by atoms with Crippen molar-refractivity contribution in [3.8, 4) is 11.8 Å². The number of hydrogen-bond acceptors (Lipinski definition) is 6. The van der Waals surface area contributed by atoms with E-state index < -0.39 is 0 Å². The maximum Gasteiger partial charge on any atom is 0.417 e. The summed E-state index contributed by atoms with van der Waals surface area (Å²) >= 11 is 0. The first-order valence-electron chi connectivity index (χ1n) is 7.80. The molecule has 2 aromatic heterocycles. The van der Waals surface area contributed by atoms with E-state index in [1.807, 2.05) is 45.0 Å². The third-order valence-electron chi connectivity index (χ3n) is 3.67. The highest BCUT2D eigenvalue weighted by Gasteiger charge is 2.16. The number of hydrogen-bond donors (Lipinski definition) is 1. The lowest BCUT2D eigenvalue weighted by Gasteiger charge is -2.07. The zero-order valence-electron chi connectivity index (χ0n) is 14.5. The fourth-order valence-electron chi connectivity index (χ4n) is 2.40. The van der Waals surface area contributed by atoms with Crippen molar-refractivity contribution in [2.45, 2.75) is 27.7 Å². The van der Waals surface area contributed by atoms with Crippen molar-refractivity contribution >= 4 is 11.6 Å². The van der Waals surface area contributed by atoms with Gasteiger partial charge in [-0.25, -0.2) is 4.68 Å². The highest BCUT2D eigenvalue weighted by molar-refractivity contribution is 5.93. The minimum atomic E-state index is -0.328. The Labute approximate surface area is 144 Å². The topological polar surface area (TPSA) is 95.1 Å². The van der Waals surface area contributed by atoms with Crippen LogP contribution in [0.3, 0.4) is 0 Å². The Kier molecular flexibility index (Phi) is 4.51. The molecule has 0 aliphatic heterocycles. The SMILES string of the molecule is Cc1ccc(-n2nc(C)c(NC(=O)COc3nc(C)no3)c2C)cc1. The molecule has 0 saturated heterocycles. The molecule has 0 saturated carbocycles. The van der Waals surface area contributed by atoms with E-state index in [-0.39, 0.29) is 18.6 Å². The average molecular weight is 341 g/mol. The van der Waals surface area contributed by atoms with Gasteiger partial charge in [-0.3, -0.25) is 9.32 Å². The van der Waals surface area contributed by atoms with E-state index in [1.54, 1.807) is 11.6 Å². The first-order chi connectivity index (χ1) is 11.9. The van der Waals surface area contributed by atoms with Crippen LogP contribution < -0.4 is 10.1 Å². The van der Waals surface area contributed by atoms with Gasteiger partial charge in [0, 0.05) is 0 Å². The van der Waals surface area contributed by atoms with E-state index in [0.717, 1.165) is 17.1 Å². The lowest BCUT2D eigenvalue weighted by atomic mass is 10.2. The Balaban J connectivity index is 1.72. The molecule has 8 heteroatoms. The van der Waals surface area contributed by atoms with Gasteiger partial charge in [-0.1, -0.05) is 22.9 Å². The zero-order valence-corrected chi connectivity index (χ0v) is 14.5. The Bertz CT molecular complexity index is 896.